The van der Waals surface area contributed by atoms with Gasteiger partial charge in [-0.25, -0.2) is 12.8 Å². The van der Waals surface area contributed by atoms with Crippen LogP contribution in [0.15, 0.2) is 57.9 Å². The van der Waals surface area contributed by atoms with E-state index in [9.17, 15) is 17.6 Å². The van der Waals surface area contributed by atoms with E-state index in [1.165, 1.54) is 29.4 Å². The van der Waals surface area contributed by atoms with E-state index in [2.05, 4.69) is 10.5 Å². The van der Waals surface area contributed by atoms with Gasteiger partial charge in [-0.15, -0.1) is 0 Å². The van der Waals surface area contributed by atoms with Crippen LogP contribution in [0.25, 0.3) is 12.2 Å². The van der Waals surface area contributed by atoms with E-state index in [-0.39, 0.29) is 35.3 Å². The maximum atomic E-state index is 14.0. The van der Waals surface area contributed by atoms with Crippen molar-refractivity contribution in [2.75, 3.05) is 13.1 Å². The lowest BCUT2D eigenvalue weighted by Gasteiger charge is -2.31. The van der Waals surface area contributed by atoms with Gasteiger partial charge in [-0.2, -0.15) is 4.31 Å². The molecule has 35 heavy (non-hydrogen) atoms. The fourth-order valence-electron chi connectivity index (χ4n) is 4.01. The summed E-state index contributed by atoms with van der Waals surface area (Å²) in [7, 11) is -4.00. The van der Waals surface area contributed by atoms with E-state index in [4.69, 9.17) is 16.1 Å². The molecule has 2 heterocycles. The summed E-state index contributed by atoms with van der Waals surface area (Å²) in [6.45, 7) is 2.20. The highest BCUT2D eigenvalue weighted by atomic mass is 35.5. The number of amides is 1. The van der Waals surface area contributed by atoms with Crippen LogP contribution < -0.4 is 5.32 Å². The Morgan fingerprint density at radius 2 is 1.97 bits per heavy atom. The number of hydrogen-bond donors (Lipinski definition) is 1. The number of carbonyl (C=O) groups is 1. The molecule has 0 unspecified atom stereocenters. The monoisotopic (exact) mass is 517 g/mol. The smallest absolute Gasteiger partial charge is 0.248 e. The number of rotatable bonds is 7. The van der Waals surface area contributed by atoms with Gasteiger partial charge >= 0.3 is 0 Å². The predicted molar refractivity (Wildman–Crippen MR) is 131 cm³/mol. The summed E-state index contributed by atoms with van der Waals surface area (Å²) in [5.41, 5.74) is 1.39. The van der Waals surface area contributed by atoms with Crippen LogP contribution in [0.2, 0.25) is 5.02 Å². The largest absolute Gasteiger partial charge is 0.355 e. The molecule has 10 heteroatoms. The normalized spacial score (nSPS) is 17.1. The Labute approximate surface area is 208 Å². The second-order valence-corrected chi connectivity index (χ2v) is 10.7. The number of hydrogen-bond acceptors (Lipinski definition) is 5. The number of benzene rings is 2. The first-order chi connectivity index (χ1) is 16.8. The number of nitrogens with zero attached hydrogens (tertiary/aromatic N) is 2. The van der Waals surface area contributed by atoms with Gasteiger partial charge in [0.15, 0.2) is 10.7 Å². The Balaban J connectivity index is 1.48. The van der Waals surface area contributed by atoms with Gasteiger partial charge in [-0.1, -0.05) is 47.1 Å². The molecule has 184 valence electrons. The lowest BCUT2D eigenvalue weighted by atomic mass is 9.99. The van der Waals surface area contributed by atoms with Gasteiger partial charge in [0.1, 0.15) is 11.5 Å². The molecule has 0 spiro atoms. The standard InChI is InChI=1S/C25H25ClFN3O4S/c1-17-24(23(34-29-17)13-10-19-5-2-3-7-22(19)27)35(32,33)30-14-4-6-20(16-30)25(31)28-15-18-8-11-21(26)12-9-18/h2-3,5,7-13,20H,4,6,14-16H2,1H3,(H,28,31)/b13-10+/t20-/m1/s1. The predicted octanol–water partition coefficient (Wildman–Crippen LogP) is 4.66. The van der Waals surface area contributed by atoms with Gasteiger partial charge in [0, 0.05) is 30.2 Å². The molecule has 0 aliphatic carbocycles. The maximum absolute atomic E-state index is 14.0. The summed E-state index contributed by atoms with van der Waals surface area (Å²) >= 11 is 5.90. The van der Waals surface area contributed by atoms with Gasteiger partial charge in [0.05, 0.1) is 5.92 Å². The van der Waals surface area contributed by atoms with E-state index < -0.39 is 21.8 Å². The number of sulfonamides is 1. The van der Waals surface area contributed by atoms with E-state index in [0.29, 0.717) is 30.0 Å². The zero-order valence-corrected chi connectivity index (χ0v) is 20.7. The molecule has 1 atom stereocenters. The fraction of sp³-hybridized carbons (Fsp3) is 0.280. The summed E-state index contributed by atoms with van der Waals surface area (Å²) in [5, 5.41) is 7.31. The topological polar surface area (TPSA) is 92.5 Å². The molecule has 0 saturated carbocycles. The minimum Gasteiger partial charge on any atom is -0.355 e. The van der Waals surface area contributed by atoms with Crippen LogP contribution in [0.4, 0.5) is 4.39 Å². The average Bonchev–Trinajstić information content (AvgIpc) is 3.24. The molecule has 4 rings (SSSR count). The highest BCUT2D eigenvalue weighted by Crippen LogP contribution is 2.29. The Hall–Kier alpha value is -3.01. The summed E-state index contributed by atoms with van der Waals surface area (Å²) in [6.07, 6.45) is 3.97. The molecule has 0 bridgehead atoms. The lowest BCUT2D eigenvalue weighted by Crippen LogP contribution is -2.45. The van der Waals surface area contributed by atoms with E-state index in [1.54, 1.807) is 30.3 Å². The Kier molecular flexibility index (Phi) is 7.69. The molecule has 1 saturated heterocycles. The summed E-state index contributed by atoms with van der Waals surface area (Å²) in [5.74, 6) is -1.11. The second kappa shape index (κ2) is 10.7. The van der Waals surface area contributed by atoms with Crippen molar-refractivity contribution in [2.45, 2.75) is 31.2 Å². The van der Waals surface area contributed by atoms with Crippen LogP contribution in [-0.2, 0) is 21.4 Å². The van der Waals surface area contributed by atoms with Crippen LogP contribution in [0.5, 0.6) is 0 Å². The zero-order valence-electron chi connectivity index (χ0n) is 19.1. The van der Waals surface area contributed by atoms with Crippen molar-refractivity contribution in [3.8, 4) is 0 Å². The Bertz CT molecular complexity index is 1340. The first-order valence-corrected chi connectivity index (χ1v) is 13.0. The van der Waals surface area contributed by atoms with Crippen molar-refractivity contribution in [2.24, 2.45) is 5.92 Å². The quantitative estimate of drug-likeness (QED) is 0.492. The molecule has 1 N–H and O–H groups in total. The van der Waals surface area contributed by atoms with Crippen LogP contribution in [0.3, 0.4) is 0 Å². The minimum absolute atomic E-state index is 0.0140. The molecular weight excluding hydrogens is 493 g/mol. The molecule has 7 nitrogen and oxygen atoms in total. The first-order valence-electron chi connectivity index (χ1n) is 11.2. The summed E-state index contributed by atoms with van der Waals surface area (Å²) < 4.78 is 47.6. The van der Waals surface area contributed by atoms with Crippen LogP contribution in [-0.4, -0.2) is 36.9 Å². The number of nitrogens with one attached hydrogen (secondary N) is 1. The fourth-order valence-corrected chi connectivity index (χ4v) is 5.91. The highest BCUT2D eigenvalue weighted by molar-refractivity contribution is 7.89. The average molecular weight is 518 g/mol. The van der Waals surface area contributed by atoms with E-state index >= 15 is 0 Å². The molecule has 3 aromatic rings. The van der Waals surface area contributed by atoms with Crippen LogP contribution in [0.1, 0.15) is 35.4 Å². The minimum atomic E-state index is -4.00. The third-order valence-electron chi connectivity index (χ3n) is 5.89. The Morgan fingerprint density at radius 1 is 1.23 bits per heavy atom. The van der Waals surface area contributed by atoms with Crippen LogP contribution in [0, 0.1) is 18.7 Å². The van der Waals surface area contributed by atoms with Gasteiger partial charge in [-0.3, -0.25) is 4.79 Å². The molecule has 1 aliphatic heterocycles. The Morgan fingerprint density at radius 3 is 2.71 bits per heavy atom. The number of piperidine rings is 1. The molecular formula is C25H25ClFN3O4S. The number of halogens is 2. The molecule has 1 aromatic heterocycles. The zero-order chi connectivity index (χ0) is 25.0. The molecule has 1 amide bonds. The van der Waals surface area contributed by atoms with Crippen molar-refractivity contribution in [3.05, 3.63) is 82.0 Å². The second-order valence-electron chi connectivity index (χ2n) is 8.36. The SMILES string of the molecule is Cc1noc(/C=C/c2ccccc2F)c1S(=O)(=O)N1CCC[C@@H](C(=O)NCc2ccc(Cl)cc2)C1. The van der Waals surface area contributed by atoms with Crippen molar-refractivity contribution in [1.29, 1.82) is 0 Å². The lowest BCUT2D eigenvalue weighted by molar-refractivity contribution is -0.126. The van der Waals surface area contributed by atoms with Gasteiger partial charge in [0.2, 0.25) is 15.9 Å². The molecule has 0 radical (unpaired) electrons. The van der Waals surface area contributed by atoms with Crippen LogP contribution >= 0.6 is 11.6 Å². The van der Waals surface area contributed by atoms with Crippen molar-refractivity contribution >= 4 is 39.7 Å². The molecule has 1 aliphatic rings. The third kappa shape index (κ3) is 5.80. The number of carbonyl (C=O) groups excluding carboxylic acids is 1. The number of aryl methyl sites for hydroxylation is 1. The van der Waals surface area contributed by atoms with E-state index in [0.717, 1.165) is 5.56 Å². The third-order valence-corrected chi connectivity index (χ3v) is 8.16. The number of aromatic nitrogens is 1. The van der Waals surface area contributed by atoms with Crippen molar-refractivity contribution in [1.82, 2.24) is 14.8 Å². The highest BCUT2D eigenvalue weighted by Gasteiger charge is 2.36. The summed E-state index contributed by atoms with van der Waals surface area (Å²) in [6, 6.07) is 13.3. The molecule has 2 aromatic carbocycles. The summed E-state index contributed by atoms with van der Waals surface area (Å²) in [4.78, 5) is 12.7. The van der Waals surface area contributed by atoms with Gasteiger partial charge < -0.3 is 9.84 Å². The molecule has 1 fully saturated rings. The van der Waals surface area contributed by atoms with Gasteiger partial charge in [-0.05, 0) is 55.7 Å². The van der Waals surface area contributed by atoms with Gasteiger partial charge in [0.25, 0.3) is 0 Å². The van der Waals surface area contributed by atoms with Crippen molar-refractivity contribution in [3.63, 3.8) is 0 Å². The van der Waals surface area contributed by atoms with E-state index in [1.807, 2.05) is 12.1 Å². The maximum Gasteiger partial charge on any atom is 0.248 e. The first kappa shape index (κ1) is 25.1. The van der Waals surface area contributed by atoms with Crippen molar-refractivity contribution < 1.29 is 22.1 Å².